The Bertz CT molecular complexity index is 950. The highest BCUT2D eigenvalue weighted by atomic mass is 35.5. The SMILES string of the molecule is CCCOc1c(Cl)cc(C(=O)Nc2cccc3ccccc23)cc1OCC. The number of carbonyl (C=O) groups is 1. The van der Waals surface area contributed by atoms with Crippen LogP contribution in [0.15, 0.2) is 54.6 Å². The van der Waals surface area contributed by atoms with Crippen LogP contribution >= 0.6 is 11.6 Å². The fourth-order valence-corrected chi connectivity index (χ4v) is 3.10. The Balaban J connectivity index is 1.92. The van der Waals surface area contributed by atoms with Crippen LogP contribution < -0.4 is 14.8 Å². The number of amides is 1. The van der Waals surface area contributed by atoms with E-state index in [2.05, 4.69) is 5.32 Å². The highest BCUT2D eigenvalue weighted by molar-refractivity contribution is 6.32. The van der Waals surface area contributed by atoms with Gasteiger partial charge in [-0.15, -0.1) is 0 Å². The van der Waals surface area contributed by atoms with Crippen molar-refractivity contribution < 1.29 is 14.3 Å². The second-order valence-corrected chi connectivity index (χ2v) is 6.45. The Labute approximate surface area is 164 Å². The fourth-order valence-electron chi connectivity index (χ4n) is 2.84. The summed E-state index contributed by atoms with van der Waals surface area (Å²) in [6, 6.07) is 17.0. The van der Waals surface area contributed by atoms with Gasteiger partial charge in [0.2, 0.25) is 0 Å². The zero-order valence-electron chi connectivity index (χ0n) is 15.4. The molecule has 0 fully saturated rings. The van der Waals surface area contributed by atoms with E-state index < -0.39 is 0 Å². The highest BCUT2D eigenvalue weighted by Crippen LogP contribution is 2.37. The minimum atomic E-state index is -0.253. The van der Waals surface area contributed by atoms with Gasteiger partial charge in [0, 0.05) is 16.6 Å². The molecule has 1 N–H and O–H groups in total. The van der Waals surface area contributed by atoms with Gasteiger partial charge in [-0.05, 0) is 36.9 Å². The summed E-state index contributed by atoms with van der Waals surface area (Å²) in [6.07, 6.45) is 0.852. The maximum Gasteiger partial charge on any atom is 0.255 e. The summed E-state index contributed by atoms with van der Waals surface area (Å²) in [7, 11) is 0. The molecule has 0 aliphatic carbocycles. The topological polar surface area (TPSA) is 47.6 Å². The van der Waals surface area contributed by atoms with Gasteiger partial charge in [0.05, 0.1) is 18.2 Å². The predicted molar refractivity (Wildman–Crippen MR) is 110 cm³/mol. The first kappa shape index (κ1) is 19.1. The van der Waals surface area contributed by atoms with Gasteiger partial charge in [-0.2, -0.15) is 0 Å². The van der Waals surface area contributed by atoms with E-state index in [1.54, 1.807) is 12.1 Å². The monoisotopic (exact) mass is 383 g/mol. The van der Waals surface area contributed by atoms with Crippen molar-refractivity contribution in [2.75, 3.05) is 18.5 Å². The van der Waals surface area contributed by atoms with Crippen LogP contribution in [0.25, 0.3) is 10.8 Å². The van der Waals surface area contributed by atoms with E-state index in [0.717, 1.165) is 22.9 Å². The predicted octanol–water partition coefficient (Wildman–Crippen LogP) is 5.93. The second kappa shape index (κ2) is 8.78. The molecule has 4 nitrogen and oxygen atoms in total. The number of hydrogen-bond donors (Lipinski definition) is 1. The van der Waals surface area contributed by atoms with Crippen molar-refractivity contribution in [3.05, 3.63) is 65.2 Å². The normalized spacial score (nSPS) is 10.6. The van der Waals surface area contributed by atoms with Gasteiger partial charge >= 0.3 is 0 Å². The summed E-state index contributed by atoms with van der Waals surface area (Å²) in [5.74, 6) is 0.694. The standard InChI is InChI=1S/C22H22ClNO3/c1-3-12-27-21-18(23)13-16(14-20(21)26-4-2)22(25)24-19-11-7-9-15-8-5-6-10-17(15)19/h5-11,13-14H,3-4,12H2,1-2H3,(H,24,25). The lowest BCUT2D eigenvalue weighted by atomic mass is 10.1. The number of carbonyl (C=O) groups excluding carboxylic acids is 1. The molecular formula is C22H22ClNO3. The molecule has 0 spiro atoms. The van der Waals surface area contributed by atoms with Crippen LogP contribution in [0, 0.1) is 0 Å². The molecule has 0 unspecified atom stereocenters. The summed E-state index contributed by atoms with van der Waals surface area (Å²) >= 11 is 6.36. The molecule has 0 aromatic heterocycles. The van der Waals surface area contributed by atoms with E-state index in [9.17, 15) is 4.79 Å². The zero-order chi connectivity index (χ0) is 19.2. The van der Waals surface area contributed by atoms with E-state index in [0.29, 0.717) is 35.3 Å². The molecule has 1 amide bonds. The van der Waals surface area contributed by atoms with E-state index >= 15 is 0 Å². The van der Waals surface area contributed by atoms with Crippen molar-refractivity contribution in [3.8, 4) is 11.5 Å². The molecule has 0 bridgehead atoms. The number of ether oxygens (including phenoxy) is 2. The molecule has 0 radical (unpaired) electrons. The summed E-state index contributed by atoms with van der Waals surface area (Å²) in [5.41, 5.74) is 1.17. The molecular weight excluding hydrogens is 362 g/mol. The van der Waals surface area contributed by atoms with Crippen molar-refractivity contribution in [1.82, 2.24) is 0 Å². The number of rotatable bonds is 7. The lowest BCUT2D eigenvalue weighted by Crippen LogP contribution is -2.13. The number of nitrogens with one attached hydrogen (secondary N) is 1. The molecule has 0 atom stereocenters. The van der Waals surface area contributed by atoms with Crippen LogP contribution in [-0.2, 0) is 0 Å². The Morgan fingerprint density at radius 3 is 2.59 bits per heavy atom. The third-order valence-corrected chi connectivity index (χ3v) is 4.34. The first-order valence-electron chi connectivity index (χ1n) is 9.02. The Hall–Kier alpha value is -2.72. The molecule has 0 saturated heterocycles. The minimum absolute atomic E-state index is 0.253. The molecule has 0 aliphatic rings. The third kappa shape index (κ3) is 4.34. The van der Waals surface area contributed by atoms with Crippen LogP contribution in [0.5, 0.6) is 11.5 Å². The van der Waals surface area contributed by atoms with E-state index in [1.165, 1.54) is 0 Å². The number of hydrogen-bond acceptors (Lipinski definition) is 3. The van der Waals surface area contributed by atoms with Gasteiger partial charge < -0.3 is 14.8 Å². The number of halogens is 1. The quantitative estimate of drug-likeness (QED) is 0.549. The number of fused-ring (bicyclic) bond motifs is 1. The van der Waals surface area contributed by atoms with Crippen LogP contribution in [0.1, 0.15) is 30.6 Å². The number of anilines is 1. The van der Waals surface area contributed by atoms with Gasteiger partial charge in [0.15, 0.2) is 11.5 Å². The summed E-state index contributed by atoms with van der Waals surface area (Å²) in [4.78, 5) is 12.8. The lowest BCUT2D eigenvalue weighted by molar-refractivity contribution is 0.102. The second-order valence-electron chi connectivity index (χ2n) is 6.05. The average Bonchev–Trinajstić information content (AvgIpc) is 2.67. The molecule has 0 saturated carbocycles. The Morgan fingerprint density at radius 2 is 1.81 bits per heavy atom. The molecule has 140 valence electrons. The lowest BCUT2D eigenvalue weighted by Gasteiger charge is -2.15. The maximum atomic E-state index is 12.8. The molecule has 3 rings (SSSR count). The van der Waals surface area contributed by atoms with Crippen molar-refractivity contribution in [3.63, 3.8) is 0 Å². The Kier molecular flexibility index (Phi) is 6.20. The van der Waals surface area contributed by atoms with Gasteiger partial charge in [-0.3, -0.25) is 4.79 Å². The van der Waals surface area contributed by atoms with Crippen molar-refractivity contribution >= 4 is 34.0 Å². The molecule has 0 heterocycles. The Morgan fingerprint density at radius 1 is 1.04 bits per heavy atom. The number of benzene rings is 3. The molecule has 3 aromatic carbocycles. The van der Waals surface area contributed by atoms with E-state index in [1.807, 2.05) is 56.3 Å². The van der Waals surface area contributed by atoms with E-state index in [-0.39, 0.29) is 5.91 Å². The summed E-state index contributed by atoms with van der Waals surface area (Å²) < 4.78 is 11.3. The first-order valence-corrected chi connectivity index (χ1v) is 9.40. The summed E-state index contributed by atoms with van der Waals surface area (Å²) in [5, 5.41) is 5.37. The van der Waals surface area contributed by atoms with E-state index in [4.69, 9.17) is 21.1 Å². The van der Waals surface area contributed by atoms with Crippen molar-refractivity contribution in [2.45, 2.75) is 20.3 Å². The smallest absolute Gasteiger partial charge is 0.255 e. The zero-order valence-corrected chi connectivity index (χ0v) is 16.2. The fraction of sp³-hybridized carbons (Fsp3) is 0.227. The maximum absolute atomic E-state index is 12.8. The van der Waals surface area contributed by atoms with Crippen molar-refractivity contribution in [2.24, 2.45) is 0 Å². The minimum Gasteiger partial charge on any atom is -0.490 e. The molecule has 0 aliphatic heterocycles. The van der Waals surface area contributed by atoms with Crippen LogP contribution in [-0.4, -0.2) is 19.1 Å². The van der Waals surface area contributed by atoms with Gasteiger partial charge in [0.25, 0.3) is 5.91 Å². The van der Waals surface area contributed by atoms with Crippen LogP contribution in [0.4, 0.5) is 5.69 Å². The third-order valence-electron chi connectivity index (χ3n) is 4.06. The average molecular weight is 384 g/mol. The molecule has 5 heteroatoms. The summed E-state index contributed by atoms with van der Waals surface area (Å²) in [6.45, 7) is 4.87. The first-order chi connectivity index (χ1) is 13.1. The van der Waals surface area contributed by atoms with Gasteiger partial charge in [-0.1, -0.05) is 54.9 Å². The van der Waals surface area contributed by atoms with Gasteiger partial charge in [0.1, 0.15) is 0 Å². The molecule has 3 aromatic rings. The van der Waals surface area contributed by atoms with Gasteiger partial charge in [-0.25, -0.2) is 0 Å². The van der Waals surface area contributed by atoms with Crippen LogP contribution in [0.2, 0.25) is 5.02 Å². The molecule has 27 heavy (non-hydrogen) atoms. The largest absolute Gasteiger partial charge is 0.490 e. The highest BCUT2D eigenvalue weighted by Gasteiger charge is 2.17. The van der Waals surface area contributed by atoms with Crippen LogP contribution in [0.3, 0.4) is 0 Å². The van der Waals surface area contributed by atoms with Crippen molar-refractivity contribution in [1.29, 1.82) is 0 Å².